The molecule has 0 radical (unpaired) electrons. The second-order valence-corrected chi connectivity index (χ2v) is 5.01. The Morgan fingerprint density at radius 1 is 1.53 bits per heavy atom. The van der Waals surface area contributed by atoms with Gasteiger partial charge < -0.3 is 0 Å². The van der Waals surface area contributed by atoms with Gasteiger partial charge >= 0.3 is 0 Å². The summed E-state index contributed by atoms with van der Waals surface area (Å²) in [7, 11) is 1.95. The standard InChI is InChI=1S/C11H17N5S/c1-7-4-9(16(3)15-7)5-10(14-12)11-8(2)13-6-17-11/h4,6,10,14H,5,12H2,1-3H3. The van der Waals surface area contributed by atoms with E-state index in [0.29, 0.717) is 0 Å². The average Bonchev–Trinajstić information content (AvgIpc) is 2.82. The lowest BCUT2D eigenvalue weighted by Crippen LogP contribution is -2.30. The van der Waals surface area contributed by atoms with Gasteiger partial charge in [-0.05, 0) is 19.9 Å². The van der Waals surface area contributed by atoms with E-state index in [0.717, 1.165) is 17.8 Å². The highest BCUT2D eigenvalue weighted by Crippen LogP contribution is 2.24. The molecule has 0 saturated heterocycles. The zero-order valence-corrected chi connectivity index (χ0v) is 11.1. The Bertz CT molecular complexity index is 502. The number of aryl methyl sites for hydroxylation is 3. The Kier molecular flexibility index (Phi) is 3.56. The fraction of sp³-hybridized carbons (Fsp3) is 0.455. The van der Waals surface area contributed by atoms with Crippen LogP contribution in [0.15, 0.2) is 11.6 Å². The predicted molar refractivity (Wildman–Crippen MR) is 68.6 cm³/mol. The Labute approximate surface area is 105 Å². The number of nitrogens with two attached hydrogens (primary N) is 1. The minimum absolute atomic E-state index is 0.0947. The maximum absolute atomic E-state index is 5.64. The lowest BCUT2D eigenvalue weighted by Gasteiger charge is -2.14. The van der Waals surface area contributed by atoms with E-state index in [2.05, 4.69) is 21.6 Å². The number of rotatable bonds is 4. The van der Waals surface area contributed by atoms with Gasteiger partial charge in [0.1, 0.15) is 0 Å². The topological polar surface area (TPSA) is 68.8 Å². The van der Waals surface area contributed by atoms with E-state index in [4.69, 9.17) is 5.84 Å². The zero-order valence-electron chi connectivity index (χ0n) is 10.3. The molecular formula is C11H17N5S. The van der Waals surface area contributed by atoms with Crippen molar-refractivity contribution in [2.24, 2.45) is 12.9 Å². The lowest BCUT2D eigenvalue weighted by molar-refractivity contribution is 0.534. The Hall–Kier alpha value is -1.24. The van der Waals surface area contributed by atoms with Crippen molar-refractivity contribution < 1.29 is 0 Å². The summed E-state index contributed by atoms with van der Waals surface area (Å²) in [5.41, 5.74) is 7.94. The molecule has 1 atom stereocenters. The predicted octanol–water partition coefficient (Wildman–Crippen LogP) is 1.24. The second-order valence-electron chi connectivity index (χ2n) is 4.13. The molecule has 2 aromatic heterocycles. The summed E-state index contributed by atoms with van der Waals surface area (Å²) in [5, 5.41) is 4.34. The van der Waals surface area contributed by atoms with Gasteiger partial charge in [-0.2, -0.15) is 5.10 Å². The molecule has 0 spiro atoms. The maximum Gasteiger partial charge on any atom is 0.0798 e. The molecule has 92 valence electrons. The summed E-state index contributed by atoms with van der Waals surface area (Å²) in [5.74, 6) is 5.64. The first-order chi connectivity index (χ1) is 8.11. The number of thiazole rings is 1. The van der Waals surface area contributed by atoms with Gasteiger partial charge in [-0.25, -0.2) is 4.98 Å². The molecule has 1 unspecified atom stereocenters. The molecule has 6 heteroatoms. The number of hydrogen-bond donors (Lipinski definition) is 2. The van der Waals surface area contributed by atoms with Crippen LogP contribution in [0, 0.1) is 13.8 Å². The third kappa shape index (κ3) is 2.54. The minimum Gasteiger partial charge on any atom is -0.272 e. The van der Waals surface area contributed by atoms with Crippen molar-refractivity contribution in [2.45, 2.75) is 26.3 Å². The van der Waals surface area contributed by atoms with Crippen molar-refractivity contribution in [3.05, 3.63) is 33.5 Å². The summed E-state index contributed by atoms with van der Waals surface area (Å²) < 4.78 is 1.90. The van der Waals surface area contributed by atoms with Gasteiger partial charge in [0.05, 0.1) is 22.9 Å². The number of nitrogens with zero attached hydrogens (tertiary/aromatic N) is 3. The minimum atomic E-state index is 0.0947. The second kappa shape index (κ2) is 4.95. The Morgan fingerprint density at radius 3 is 2.76 bits per heavy atom. The fourth-order valence-electron chi connectivity index (χ4n) is 1.94. The van der Waals surface area contributed by atoms with Crippen LogP contribution in [0.3, 0.4) is 0 Å². The number of nitrogens with one attached hydrogen (secondary N) is 1. The van der Waals surface area contributed by atoms with Gasteiger partial charge in [-0.15, -0.1) is 11.3 Å². The van der Waals surface area contributed by atoms with Crippen molar-refractivity contribution in [1.29, 1.82) is 0 Å². The molecule has 0 bridgehead atoms. The molecule has 0 aliphatic heterocycles. The van der Waals surface area contributed by atoms with Crippen molar-refractivity contribution in [2.75, 3.05) is 0 Å². The van der Waals surface area contributed by atoms with Gasteiger partial charge in [-0.1, -0.05) is 0 Å². The Balaban J connectivity index is 2.21. The van der Waals surface area contributed by atoms with Crippen LogP contribution in [0.5, 0.6) is 0 Å². The van der Waals surface area contributed by atoms with E-state index in [1.54, 1.807) is 11.3 Å². The molecule has 3 N–H and O–H groups in total. The van der Waals surface area contributed by atoms with Crippen LogP contribution in [0.25, 0.3) is 0 Å². The first-order valence-electron chi connectivity index (χ1n) is 5.47. The summed E-state index contributed by atoms with van der Waals surface area (Å²) in [4.78, 5) is 5.44. The summed E-state index contributed by atoms with van der Waals surface area (Å²) in [6.07, 6.45) is 0.816. The van der Waals surface area contributed by atoms with E-state index in [1.807, 2.05) is 31.1 Å². The number of aromatic nitrogens is 3. The normalized spacial score (nSPS) is 12.9. The maximum atomic E-state index is 5.64. The highest BCUT2D eigenvalue weighted by atomic mass is 32.1. The van der Waals surface area contributed by atoms with Gasteiger partial charge in [0.25, 0.3) is 0 Å². The van der Waals surface area contributed by atoms with Crippen molar-refractivity contribution >= 4 is 11.3 Å². The van der Waals surface area contributed by atoms with Crippen molar-refractivity contribution in [3.8, 4) is 0 Å². The molecule has 17 heavy (non-hydrogen) atoms. The van der Waals surface area contributed by atoms with Crippen molar-refractivity contribution in [1.82, 2.24) is 20.2 Å². The SMILES string of the molecule is Cc1cc(CC(NN)c2scnc2C)n(C)n1. The highest BCUT2D eigenvalue weighted by Gasteiger charge is 2.17. The highest BCUT2D eigenvalue weighted by molar-refractivity contribution is 7.09. The van der Waals surface area contributed by atoms with Crippen LogP contribution in [-0.4, -0.2) is 14.8 Å². The third-order valence-electron chi connectivity index (χ3n) is 2.81. The lowest BCUT2D eigenvalue weighted by atomic mass is 10.1. The molecule has 0 aliphatic carbocycles. The first-order valence-corrected chi connectivity index (χ1v) is 6.35. The fourth-order valence-corrected chi connectivity index (χ4v) is 2.80. The quantitative estimate of drug-likeness (QED) is 0.633. The van der Waals surface area contributed by atoms with Crippen LogP contribution in [0.1, 0.15) is 28.0 Å². The van der Waals surface area contributed by atoms with Crippen LogP contribution >= 0.6 is 11.3 Å². The van der Waals surface area contributed by atoms with Crippen LogP contribution in [-0.2, 0) is 13.5 Å². The van der Waals surface area contributed by atoms with E-state index >= 15 is 0 Å². The number of hydrogen-bond acceptors (Lipinski definition) is 5. The van der Waals surface area contributed by atoms with Gasteiger partial charge in [-0.3, -0.25) is 16.0 Å². The summed E-state index contributed by atoms with van der Waals surface area (Å²) in [6, 6.07) is 2.18. The molecule has 2 rings (SSSR count). The summed E-state index contributed by atoms with van der Waals surface area (Å²) in [6.45, 7) is 4.00. The molecule has 0 aromatic carbocycles. The van der Waals surface area contributed by atoms with Crippen LogP contribution in [0.2, 0.25) is 0 Å². The van der Waals surface area contributed by atoms with Gasteiger partial charge in [0.2, 0.25) is 0 Å². The zero-order chi connectivity index (χ0) is 12.4. The third-order valence-corrected chi connectivity index (χ3v) is 3.86. The van der Waals surface area contributed by atoms with Gasteiger partial charge in [0.15, 0.2) is 0 Å². The molecule has 2 aromatic rings. The smallest absolute Gasteiger partial charge is 0.0798 e. The van der Waals surface area contributed by atoms with Crippen molar-refractivity contribution in [3.63, 3.8) is 0 Å². The first kappa shape index (κ1) is 12.2. The summed E-state index contributed by atoms with van der Waals surface area (Å²) >= 11 is 1.63. The van der Waals surface area contributed by atoms with E-state index in [-0.39, 0.29) is 6.04 Å². The molecule has 0 amide bonds. The molecule has 0 fully saturated rings. The van der Waals surface area contributed by atoms with E-state index in [9.17, 15) is 0 Å². The molecule has 0 aliphatic rings. The van der Waals surface area contributed by atoms with E-state index < -0.39 is 0 Å². The largest absolute Gasteiger partial charge is 0.272 e. The van der Waals surface area contributed by atoms with Gasteiger partial charge in [0, 0.05) is 24.0 Å². The molecule has 2 heterocycles. The van der Waals surface area contributed by atoms with Crippen LogP contribution < -0.4 is 11.3 Å². The molecule has 5 nitrogen and oxygen atoms in total. The monoisotopic (exact) mass is 251 g/mol. The van der Waals surface area contributed by atoms with Crippen LogP contribution in [0.4, 0.5) is 0 Å². The number of hydrazine groups is 1. The van der Waals surface area contributed by atoms with E-state index in [1.165, 1.54) is 10.6 Å². The molecular weight excluding hydrogens is 234 g/mol. The molecule has 0 saturated carbocycles. The Morgan fingerprint density at radius 2 is 2.29 bits per heavy atom. The average molecular weight is 251 g/mol.